The average Bonchev–Trinajstić information content (AvgIpc) is 2.86. The van der Waals surface area contributed by atoms with Gasteiger partial charge in [0.1, 0.15) is 6.10 Å². The van der Waals surface area contributed by atoms with Gasteiger partial charge < -0.3 is 20.1 Å². The molecule has 0 aromatic rings. The molecule has 0 radical (unpaired) electrons. The number of fused-ring (bicyclic) bond motifs is 7. The van der Waals surface area contributed by atoms with E-state index in [1.807, 2.05) is 6.92 Å². The molecule has 6 nitrogen and oxygen atoms in total. The third kappa shape index (κ3) is 3.09. The minimum Gasteiger partial charge on any atom is -0.481 e. The van der Waals surface area contributed by atoms with E-state index in [2.05, 4.69) is 41.5 Å². The number of carboxylic acids is 1. The highest BCUT2D eigenvalue weighted by molar-refractivity contribution is 5.78. The van der Waals surface area contributed by atoms with Crippen molar-refractivity contribution < 1.29 is 29.6 Å². The highest BCUT2D eigenvalue weighted by Crippen LogP contribution is 2.78. The number of aliphatic hydroxyl groups is 2. The molecule has 36 heavy (non-hydrogen) atoms. The fourth-order valence-electron chi connectivity index (χ4n) is 10.9. The number of hydrogen-bond donors (Lipinski definition) is 3. The molecule has 0 spiro atoms. The molecule has 204 valence electrons. The Morgan fingerprint density at radius 3 is 2.17 bits per heavy atom. The predicted octanol–water partition coefficient (Wildman–Crippen LogP) is 5.19. The van der Waals surface area contributed by atoms with Gasteiger partial charge in [0.2, 0.25) is 0 Å². The van der Waals surface area contributed by atoms with Gasteiger partial charge in [0.05, 0.1) is 11.5 Å². The zero-order valence-corrected chi connectivity index (χ0v) is 23.4. The summed E-state index contributed by atoms with van der Waals surface area (Å²) >= 11 is 0. The zero-order chi connectivity index (χ0) is 26.7. The maximum Gasteiger partial charge on any atom is 0.335 e. The van der Waals surface area contributed by atoms with Crippen LogP contribution in [0.1, 0.15) is 106 Å². The van der Waals surface area contributed by atoms with E-state index in [-0.39, 0.29) is 52.9 Å². The number of aliphatic hydroxyl groups excluding tert-OH is 2. The van der Waals surface area contributed by atoms with Crippen molar-refractivity contribution in [2.45, 2.75) is 125 Å². The second kappa shape index (κ2) is 7.71. The summed E-state index contributed by atoms with van der Waals surface area (Å²) in [5.74, 6) is -1.45. The summed E-state index contributed by atoms with van der Waals surface area (Å²) in [6, 6.07) is 0. The van der Waals surface area contributed by atoms with Crippen LogP contribution in [0.4, 0.5) is 0 Å². The molecule has 5 aliphatic rings. The molecule has 11 unspecified atom stereocenters. The first-order valence-corrected chi connectivity index (χ1v) is 14.3. The van der Waals surface area contributed by atoms with Crippen LogP contribution in [-0.2, 0) is 14.3 Å². The number of hydrogen-bond acceptors (Lipinski definition) is 5. The lowest BCUT2D eigenvalue weighted by Gasteiger charge is -2.74. The second-order valence-electron chi connectivity index (χ2n) is 15.3. The van der Waals surface area contributed by atoms with E-state index in [1.165, 1.54) is 0 Å². The standard InChI is InChI=1S/C30H48O6/c1-17-27(5)9-8-19-28(6)13-12-26(4)11-10-25(2,3)15-21(26)30(28,24(34)35)16-22(32)29(19,7)20(27)14-18(31)23(33)36-17/h17-22,31-32H,8-16H2,1-7H3,(H,34,35). The number of carboxylic acid groups (broad SMARTS) is 1. The minimum absolute atomic E-state index is 0.00915. The number of ether oxygens (including phenoxy) is 1. The smallest absolute Gasteiger partial charge is 0.335 e. The largest absolute Gasteiger partial charge is 0.481 e. The van der Waals surface area contributed by atoms with Gasteiger partial charge in [-0.3, -0.25) is 4.79 Å². The third-order valence-corrected chi connectivity index (χ3v) is 13.4. The lowest BCUT2D eigenvalue weighted by Crippen LogP contribution is -2.73. The summed E-state index contributed by atoms with van der Waals surface area (Å²) < 4.78 is 5.69. The molecular formula is C30H48O6. The van der Waals surface area contributed by atoms with Gasteiger partial charge >= 0.3 is 11.9 Å². The molecule has 0 amide bonds. The van der Waals surface area contributed by atoms with Crippen LogP contribution in [0.5, 0.6) is 0 Å². The minimum atomic E-state index is -1.21. The molecule has 1 aliphatic heterocycles. The first-order valence-electron chi connectivity index (χ1n) is 14.3. The van der Waals surface area contributed by atoms with Gasteiger partial charge in [-0.15, -0.1) is 0 Å². The number of carbonyl (C=O) groups is 2. The van der Waals surface area contributed by atoms with Crippen molar-refractivity contribution in [2.75, 3.05) is 0 Å². The van der Waals surface area contributed by atoms with Crippen molar-refractivity contribution in [3.63, 3.8) is 0 Å². The van der Waals surface area contributed by atoms with Crippen LogP contribution in [0.15, 0.2) is 0 Å². The average molecular weight is 505 g/mol. The van der Waals surface area contributed by atoms with Crippen molar-refractivity contribution in [3.05, 3.63) is 0 Å². The fraction of sp³-hybridized carbons (Fsp3) is 0.933. The Morgan fingerprint density at radius 2 is 1.53 bits per heavy atom. The van der Waals surface area contributed by atoms with Gasteiger partial charge in [0, 0.05) is 10.8 Å². The summed E-state index contributed by atoms with van der Waals surface area (Å²) in [6.07, 6.45) is 4.58. The number of cyclic esters (lactones) is 1. The first kappa shape index (κ1) is 26.5. The number of rotatable bonds is 1. The maximum atomic E-state index is 13.6. The quantitative estimate of drug-likeness (QED) is 0.425. The Bertz CT molecular complexity index is 961. The van der Waals surface area contributed by atoms with Crippen LogP contribution < -0.4 is 0 Å². The number of esters is 1. The monoisotopic (exact) mass is 504 g/mol. The summed E-state index contributed by atoms with van der Waals surface area (Å²) in [6.45, 7) is 15.3. The fourth-order valence-corrected chi connectivity index (χ4v) is 10.9. The van der Waals surface area contributed by atoms with Crippen molar-refractivity contribution in [3.8, 4) is 0 Å². The molecule has 11 atom stereocenters. The lowest BCUT2D eigenvalue weighted by atomic mass is 9.29. The third-order valence-electron chi connectivity index (χ3n) is 13.4. The van der Waals surface area contributed by atoms with Gasteiger partial charge in [0.15, 0.2) is 6.10 Å². The number of carbonyl (C=O) groups excluding carboxylic acids is 1. The summed E-state index contributed by atoms with van der Waals surface area (Å²) in [4.78, 5) is 26.1. The van der Waals surface area contributed by atoms with E-state index < -0.39 is 40.4 Å². The van der Waals surface area contributed by atoms with Crippen molar-refractivity contribution in [2.24, 2.45) is 50.2 Å². The topological polar surface area (TPSA) is 104 Å². The number of aliphatic carboxylic acids is 1. The molecule has 5 rings (SSSR count). The molecule has 5 fully saturated rings. The molecule has 6 heteroatoms. The van der Waals surface area contributed by atoms with Crippen LogP contribution in [0.3, 0.4) is 0 Å². The lowest BCUT2D eigenvalue weighted by molar-refractivity contribution is -0.290. The molecule has 3 N–H and O–H groups in total. The van der Waals surface area contributed by atoms with Crippen molar-refractivity contribution >= 4 is 11.9 Å². The Balaban J connectivity index is 1.66. The molecular weight excluding hydrogens is 456 g/mol. The maximum absolute atomic E-state index is 13.6. The van der Waals surface area contributed by atoms with Gasteiger partial charge in [0.25, 0.3) is 0 Å². The summed E-state index contributed by atoms with van der Waals surface area (Å²) in [5.41, 5.74) is -2.40. The molecule has 0 bridgehead atoms. The predicted molar refractivity (Wildman–Crippen MR) is 136 cm³/mol. The van der Waals surface area contributed by atoms with Crippen LogP contribution >= 0.6 is 0 Å². The normalized spacial score (nSPS) is 56.2. The highest BCUT2D eigenvalue weighted by Gasteiger charge is 2.77. The van der Waals surface area contributed by atoms with Crippen LogP contribution in [0.2, 0.25) is 0 Å². The molecule has 4 aliphatic carbocycles. The van der Waals surface area contributed by atoms with E-state index >= 15 is 0 Å². The Kier molecular flexibility index (Phi) is 5.67. The second-order valence-corrected chi connectivity index (χ2v) is 15.3. The Labute approximate surface area is 216 Å². The SMILES string of the molecule is CC1OC(=O)C(O)CC2C1(C)CCC1C2(C)C(O)CC2(C(=O)O)C3CC(C)(C)CCC3(C)CCC12C. The van der Waals surface area contributed by atoms with E-state index in [0.717, 1.165) is 44.9 Å². The van der Waals surface area contributed by atoms with Crippen LogP contribution in [-0.4, -0.2) is 45.6 Å². The van der Waals surface area contributed by atoms with Crippen LogP contribution in [0, 0.1) is 50.2 Å². The Hall–Kier alpha value is -1.14. The van der Waals surface area contributed by atoms with Gasteiger partial charge in [-0.05, 0) is 98.7 Å². The first-order chi connectivity index (χ1) is 16.5. The van der Waals surface area contributed by atoms with Crippen LogP contribution in [0.25, 0.3) is 0 Å². The van der Waals surface area contributed by atoms with E-state index in [1.54, 1.807) is 0 Å². The molecule has 0 aromatic carbocycles. The van der Waals surface area contributed by atoms with Gasteiger partial charge in [-0.1, -0.05) is 41.5 Å². The zero-order valence-electron chi connectivity index (χ0n) is 23.4. The van der Waals surface area contributed by atoms with E-state index in [4.69, 9.17) is 4.74 Å². The highest BCUT2D eigenvalue weighted by atomic mass is 16.6. The summed E-state index contributed by atoms with van der Waals surface area (Å²) in [5, 5.41) is 34.0. The molecule has 1 heterocycles. The molecule has 1 saturated heterocycles. The van der Waals surface area contributed by atoms with Crippen molar-refractivity contribution in [1.29, 1.82) is 0 Å². The van der Waals surface area contributed by atoms with E-state index in [0.29, 0.717) is 0 Å². The van der Waals surface area contributed by atoms with E-state index in [9.17, 15) is 24.9 Å². The van der Waals surface area contributed by atoms with Gasteiger partial charge in [-0.25, -0.2) is 4.79 Å². The van der Waals surface area contributed by atoms with Gasteiger partial charge in [-0.2, -0.15) is 0 Å². The summed E-state index contributed by atoms with van der Waals surface area (Å²) in [7, 11) is 0. The molecule has 0 aromatic heterocycles. The van der Waals surface area contributed by atoms with Crippen molar-refractivity contribution in [1.82, 2.24) is 0 Å². The Morgan fingerprint density at radius 1 is 0.889 bits per heavy atom. The molecule has 4 saturated carbocycles.